The minimum absolute atomic E-state index is 0.0631. The van der Waals surface area contributed by atoms with Crippen LogP contribution in [0.25, 0.3) is 0 Å². The zero-order chi connectivity index (χ0) is 9.47. The minimum atomic E-state index is -0.0631. The summed E-state index contributed by atoms with van der Waals surface area (Å²) in [4.78, 5) is 13.8. The monoisotopic (exact) mass is 182 g/mol. The van der Waals surface area contributed by atoms with Crippen molar-refractivity contribution in [2.45, 2.75) is 38.1 Å². The van der Waals surface area contributed by atoms with Gasteiger partial charge in [0.2, 0.25) is 5.91 Å². The first-order valence-electron chi connectivity index (χ1n) is 5.15. The number of hydrogen-bond acceptors (Lipinski definition) is 2. The van der Waals surface area contributed by atoms with Crippen LogP contribution in [0.5, 0.6) is 0 Å². The first kappa shape index (κ1) is 9.00. The Balaban J connectivity index is 2.15. The highest BCUT2D eigenvalue weighted by Gasteiger charge is 2.47. The number of rotatable bonds is 0. The first-order valence-corrected chi connectivity index (χ1v) is 5.15. The Morgan fingerprint density at radius 3 is 2.85 bits per heavy atom. The van der Waals surface area contributed by atoms with Crippen LogP contribution in [0.3, 0.4) is 0 Å². The van der Waals surface area contributed by atoms with Crippen LogP contribution < -0.4 is 5.73 Å². The molecule has 3 heteroatoms. The maximum absolute atomic E-state index is 11.9. The van der Waals surface area contributed by atoms with Crippen LogP contribution in [0, 0.1) is 5.41 Å². The van der Waals surface area contributed by atoms with E-state index in [1.54, 1.807) is 0 Å². The molecule has 0 aromatic rings. The minimum Gasteiger partial charge on any atom is -0.345 e. The zero-order valence-corrected chi connectivity index (χ0v) is 8.25. The van der Waals surface area contributed by atoms with Gasteiger partial charge in [0.25, 0.3) is 0 Å². The summed E-state index contributed by atoms with van der Waals surface area (Å²) in [6.45, 7) is 0.922. The van der Waals surface area contributed by atoms with Gasteiger partial charge in [-0.3, -0.25) is 4.79 Å². The Morgan fingerprint density at radius 1 is 1.54 bits per heavy atom. The molecule has 2 unspecified atom stereocenters. The van der Waals surface area contributed by atoms with Gasteiger partial charge < -0.3 is 10.6 Å². The molecule has 0 aromatic heterocycles. The van der Waals surface area contributed by atoms with E-state index in [2.05, 4.69) is 0 Å². The third kappa shape index (κ3) is 1.35. The van der Waals surface area contributed by atoms with Crippen molar-refractivity contribution in [3.05, 3.63) is 0 Å². The van der Waals surface area contributed by atoms with Crippen LogP contribution >= 0.6 is 0 Å². The highest BCUT2D eigenvalue weighted by atomic mass is 16.2. The average Bonchev–Trinajstić information content (AvgIpc) is 2.35. The predicted octanol–water partition coefficient (Wildman–Crippen LogP) is 0.736. The molecule has 1 heterocycles. The lowest BCUT2D eigenvalue weighted by Gasteiger charge is -2.34. The van der Waals surface area contributed by atoms with Gasteiger partial charge in [-0.2, -0.15) is 0 Å². The molecule has 1 saturated heterocycles. The molecule has 2 aliphatic rings. The molecule has 1 amide bonds. The van der Waals surface area contributed by atoms with E-state index in [1.165, 1.54) is 0 Å². The summed E-state index contributed by atoms with van der Waals surface area (Å²) in [5, 5.41) is 0. The van der Waals surface area contributed by atoms with Crippen molar-refractivity contribution >= 4 is 5.91 Å². The lowest BCUT2D eigenvalue weighted by atomic mass is 9.71. The molecule has 1 spiro atoms. The number of carbonyl (C=O) groups is 1. The smallest absolute Gasteiger partial charge is 0.228 e. The van der Waals surface area contributed by atoms with E-state index in [0.29, 0.717) is 5.91 Å². The molecule has 13 heavy (non-hydrogen) atoms. The van der Waals surface area contributed by atoms with E-state index in [4.69, 9.17) is 5.73 Å². The van der Waals surface area contributed by atoms with Crippen molar-refractivity contribution < 1.29 is 4.79 Å². The first-order chi connectivity index (χ1) is 6.14. The summed E-state index contributed by atoms with van der Waals surface area (Å²) in [6, 6.07) is 0.254. The fourth-order valence-electron chi connectivity index (χ4n) is 2.83. The summed E-state index contributed by atoms with van der Waals surface area (Å²) >= 11 is 0. The average molecular weight is 182 g/mol. The topological polar surface area (TPSA) is 46.3 Å². The Labute approximate surface area is 79.3 Å². The molecule has 1 aliphatic heterocycles. The molecule has 1 saturated carbocycles. The third-order valence-corrected chi connectivity index (χ3v) is 3.61. The molecule has 2 fully saturated rings. The highest BCUT2D eigenvalue weighted by molar-refractivity contribution is 5.84. The number of carbonyl (C=O) groups excluding carboxylic acids is 1. The molecule has 0 bridgehead atoms. The molecular formula is C10H18N2O. The van der Waals surface area contributed by atoms with Crippen molar-refractivity contribution in [1.29, 1.82) is 0 Å². The standard InChI is InChI=1S/C10H18N2O/c1-12-6-5-10(9(12)13)4-2-3-8(11)7-10/h8H,2-7,11H2,1H3. The fourth-order valence-corrected chi connectivity index (χ4v) is 2.83. The van der Waals surface area contributed by atoms with E-state index < -0.39 is 0 Å². The van der Waals surface area contributed by atoms with Gasteiger partial charge in [0.15, 0.2) is 0 Å². The fraction of sp³-hybridized carbons (Fsp3) is 0.900. The van der Waals surface area contributed by atoms with E-state index in [9.17, 15) is 4.79 Å². The van der Waals surface area contributed by atoms with E-state index in [1.807, 2.05) is 11.9 Å². The Kier molecular flexibility index (Phi) is 2.06. The number of likely N-dealkylation sites (tertiary alicyclic amines) is 1. The SMILES string of the molecule is CN1CCC2(CCCC(N)C2)C1=O. The predicted molar refractivity (Wildman–Crippen MR) is 51.1 cm³/mol. The van der Waals surface area contributed by atoms with Gasteiger partial charge in [-0.25, -0.2) is 0 Å². The summed E-state index contributed by atoms with van der Waals surface area (Å²) in [6.07, 6.45) is 5.22. The van der Waals surface area contributed by atoms with Crippen LogP contribution in [0.1, 0.15) is 32.1 Å². The van der Waals surface area contributed by atoms with Gasteiger partial charge in [0.1, 0.15) is 0 Å². The normalized spacial score (nSPS) is 40.3. The van der Waals surface area contributed by atoms with Crippen molar-refractivity contribution in [2.24, 2.45) is 11.1 Å². The van der Waals surface area contributed by atoms with Crippen LogP contribution in [0.2, 0.25) is 0 Å². The molecule has 3 nitrogen and oxygen atoms in total. The number of amides is 1. The summed E-state index contributed by atoms with van der Waals surface area (Å²) in [5.41, 5.74) is 5.86. The molecule has 0 aromatic carbocycles. The molecule has 2 N–H and O–H groups in total. The second-order valence-corrected chi connectivity index (χ2v) is 4.61. The third-order valence-electron chi connectivity index (χ3n) is 3.61. The Hall–Kier alpha value is -0.570. The second kappa shape index (κ2) is 2.98. The van der Waals surface area contributed by atoms with E-state index in [0.717, 1.165) is 38.6 Å². The van der Waals surface area contributed by atoms with Gasteiger partial charge in [0, 0.05) is 19.6 Å². The summed E-state index contributed by atoms with van der Waals surface area (Å²) < 4.78 is 0. The van der Waals surface area contributed by atoms with Crippen molar-refractivity contribution in [3.63, 3.8) is 0 Å². The Morgan fingerprint density at radius 2 is 2.31 bits per heavy atom. The summed E-state index contributed by atoms with van der Waals surface area (Å²) in [5.74, 6) is 0.336. The molecule has 2 rings (SSSR count). The largest absolute Gasteiger partial charge is 0.345 e. The maximum atomic E-state index is 11.9. The van der Waals surface area contributed by atoms with Crippen LogP contribution in [0.4, 0.5) is 0 Å². The van der Waals surface area contributed by atoms with Crippen LogP contribution in [-0.2, 0) is 4.79 Å². The molecular weight excluding hydrogens is 164 g/mol. The van der Waals surface area contributed by atoms with Gasteiger partial charge in [0.05, 0.1) is 5.41 Å². The van der Waals surface area contributed by atoms with Gasteiger partial charge in [-0.05, 0) is 25.7 Å². The number of hydrogen-bond donors (Lipinski definition) is 1. The molecule has 2 atom stereocenters. The lowest BCUT2D eigenvalue weighted by Crippen LogP contribution is -2.41. The van der Waals surface area contributed by atoms with Gasteiger partial charge in [-0.1, -0.05) is 6.42 Å². The second-order valence-electron chi connectivity index (χ2n) is 4.61. The maximum Gasteiger partial charge on any atom is 0.228 e. The van der Waals surface area contributed by atoms with Crippen molar-refractivity contribution in [1.82, 2.24) is 4.90 Å². The zero-order valence-electron chi connectivity index (χ0n) is 8.25. The molecule has 1 aliphatic carbocycles. The van der Waals surface area contributed by atoms with E-state index in [-0.39, 0.29) is 11.5 Å². The van der Waals surface area contributed by atoms with Crippen LogP contribution in [0.15, 0.2) is 0 Å². The highest BCUT2D eigenvalue weighted by Crippen LogP contribution is 2.43. The lowest BCUT2D eigenvalue weighted by molar-refractivity contribution is -0.136. The van der Waals surface area contributed by atoms with Crippen molar-refractivity contribution in [3.8, 4) is 0 Å². The molecule has 0 radical (unpaired) electrons. The number of nitrogens with zero attached hydrogens (tertiary/aromatic N) is 1. The van der Waals surface area contributed by atoms with Gasteiger partial charge >= 0.3 is 0 Å². The quantitative estimate of drug-likeness (QED) is 0.600. The Bertz CT molecular complexity index is 225. The van der Waals surface area contributed by atoms with Gasteiger partial charge in [-0.15, -0.1) is 0 Å². The van der Waals surface area contributed by atoms with Crippen LogP contribution in [-0.4, -0.2) is 30.4 Å². The summed E-state index contributed by atoms with van der Waals surface area (Å²) in [7, 11) is 1.90. The molecule has 74 valence electrons. The van der Waals surface area contributed by atoms with Crippen molar-refractivity contribution in [2.75, 3.05) is 13.6 Å². The van der Waals surface area contributed by atoms with E-state index >= 15 is 0 Å². The number of nitrogens with two attached hydrogens (primary N) is 1.